The van der Waals surface area contributed by atoms with Crippen molar-refractivity contribution in [2.24, 2.45) is 0 Å². The van der Waals surface area contributed by atoms with Crippen molar-refractivity contribution in [1.82, 2.24) is 0 Å². The van der Waals surface area contributed by atoms with Gasteiger partial charge in [-0.3, -0.25) is 0 Å². The van der Waals surface area contributed by atoms with Crippen molar-refractivity contribution < 1.29 is 32.7 Å². The van der Waals surface area contributed by atoms with Crippen LogP contribution >= 0.6 is 42.6 Å². The first-order chi connectivity index (χ1) is 35.5. The second kappa shape index (κ2) is 44.7. The van der Waals surface area contributed by atoms with E-state index in [0.717, 1.165) is 54.0 Å². The molecule has 0 aliphatic heterocycles. The Kier molecular flexibility index (Phi) is 43.3. The molecule has 0 fully saturated rings. The van der Waals surface area contributed by atoms with Crippen LogP contribution in [-0.4, -0.2) is 92.0 Å². The minimum Gasteiger partial charge on any atom is -0.822 e. The molecular weight excluding hydrogens is 1000 g/mol. The first-order valence-electron chi connectivity index (χ1n) is 28.9. The van der Waals surface area contributed by atoms with E-state index >= 15 is 0 Å². The lowest BCUT2D eigenvalue weighted by molar-refractivity contribution is -0.919. The van der Waals surface area contributed by atoms with Gasteiger partial charge in [0.05, 0.1) is 78.5 Å². The van der Waals surface area contributed by atoms with Crippen molar-refractivity contribution in [3.05, 3.63) is 141 Å². The predicted octanol–water partition coefficient (Wildman–Crippen LogP) is 16.0. The molecule has 7 nitrogen and oxygen atoms in total. The third-order valence-electron chi connectivity index (χ3n) is 15.0. The first-order valence-corrected chi connectivity index (χ1v) is 31.5. The van der Waals surface area contributed by atoms with Crippen molar-refractivity contribution in [2.45, 2.75) is 178 Å². The largest absolute Gasteiger partial charge is 0.822 e. The summed E-state index contributed by atoms with van der Waals surface area (Å²) in [7, 11) is -5.39. The summed E-state index contributed by atoms with van der Waals surface area (Å²) in [6, 6.07) is 24.5. The molecule has 74 heavy (non-hydrogen) atoms. The van der Waals surface area contributed by atoms with Gasteiger partial charge < -0.3 is 32.7 Å². The summed E-state index contributed by atoms with van der Waals surface area (Å²) in [6.07, 6.45) is 37.7. The van der Waals surface area contributed by atoms with Gasteiger partial charge >= 0.3 is 0 Å². The summed E-state index contributed by atoms with van der Waals surface area (Å²) in [5.74, 6) is 0. The molecule has 3 aromatic carbocycles. The molecule has 3 rings (SSSR count). The van der Waals surface area contributed by atoms with Crippen LogP contribution in [0, 0.1) is 0 Å². The summed E-state index contributed by atoms with van der Waals surface area (Å²) in [6.45, 7) is 35.7. The van der Waals surface area contributed by atoms with E-state index in [2.05, 4.69) is 135 Å². The quantitative estimate of drug-likeness (QED) is 0.0251. The van der Waals surface area contributed by atoms with E-state index in [4.69, 9.17) is 54.0 Å². The fourth-order valence-electron chi connectivity index (χ4n) is 9.23. The van der Waals surface area contributed by atoms with Gasteiger partial charge in [0.2, 0.25) is 0 Å². The average molecular weight is 1110 g/mol. The Morgan fingerprint density at radius 3 is 0.743 bits per heavy atom. The van der Waals surface area contributed by atoms with Crippen molar-refractivity contribution in [1.29, 1.82) is 0 Å². The summed E-state index contributed by atoms with van der Waals surface area (Å²) in [5, 5.41) is 2.44. The highest BCUT2D eigenvalue weighted by Gasteiger charge is 2.22. The molecule has 0 heterocycles. The number of halogens is 3. The Hall–Kier alpha value is -2.26. The molecule has 3 aromatic rings. The maximum absolute atomic E-state index is 8.55. The lowest BCUT2D eigenvalue weighted by atomic mass is 10.1. The van der Waals surface area contributed by atoms with Crippen LogP contribution in [0.15, 0.2) is 109 Å². The lowest BCUT2D eigenvalue weighted by Crippen LogP contribution is -2.48. The van der Waals surface area contributed by atoms with Gasteiger partial charge in [-0.1, -0.05) is 168 Å². The van der Waals surface area contributed by atoms with E-state index in [9.17, 15) is 0 Å². The van der Waals surface area contributed by atoms with Gasteiger partial charge in [0.15, 0.2) is 0 Å². The molecule has 0 spiro atoms. The van der Waals surface area contributed by atoms with E-state index in [-0.39, 0.29) is 0 Å². The van der Waals surface area contributed by atoms with Crippen LogP contribution in [0.5, 0.6) is 0 Å². The summed E-state index contributed by atoms with van der Waals surface area (Å²) < 4.78 is 12.2. The number of unbranched alkanes of at least 4 members (excludes halogenated alkanes) is 12. The van der Waals surface area contributed by atoms with E-state index in [1.54, 1.807) is 0 Å². The fraction of sp³-hybridized carbons (Fsp3) is 0.619. The number of allylic oxidation sites excluding steroid dienone is 3. The van der Waals surface area contributed by atoms with Crippen molar-refractivity contribution in [3.63, 3.8) is 0 Å². The second-order valence-corrected chi connectivity index (χ2v) is 22.4. The van der Waals surface area contributed by atoms with Crippen LogP contribution in [-0.2, 0) is 23.8 Å². The predicted molar refractivity (Wildman–Crippen MR) is 320 cm³/mol. The fourth-order valence-corrected chi connectivity index (χ4v) is 9.61. The Labute approximate surface area is 470 Å². The lowest BCUT2D eigenvalue weighted by Gasteiger charge is -2.36. The van der Waals surface area contributed by atoms with Crippen LogP contribution < -0.4 is 14.7 Å². The van der Waals surface area contributed by atoms with Crippen LogP contribution in [0.4, 0.5) is 0 Å². The molecule has 0 aromatic heterocycles. The number of likely N-dealkylation sites (N-methyl/N-ethyl adjacent to an activating group) is 3. The van der Waals surface area contributed by atoms with Crippen LogP contribution in [0.2, 0.25) is 15.1 Å². The SMILES string of the molecule is CCCCCCC[N+](CC)(CC)C/C=C/Cc1ccc(Cl)cc1.CCCCCCC[N+](CC)(CC)C/C=C/Cc1ccc(Cl)cc1.CCCCCCC[N+](CC)(CC)C/C=C/Cc1ccc(Cl)cc1.O=P([O-])([O-])[O-]. The summed E-state index contributed by atoms with van der Waals surface area (Å²) >= 11 is 17.8. The molecule has 0 N–H and O–H groups in total. The highest BCUT2D eigenvalue weighted by Crippen LogP contribution is 2.17. The Morgan fingerprint density at radius 1 is 0.351 bits per heavy atom. The van der Waals surface area contributed by atoms with Gasteiger partial charge in [0, 0.05) is 15.1 Å². The van der Waals surface area contributed by atoms with Crippen LogP contribution in [0.3, 0.4) is 0 Å². The van der Waals surface area contributed by atoms with Gasteiger partial charge in [-0.25, -0.2) is 0 Å². The summed E-state index contributed by atoms with van der Waals surface area (Å²) in [5.41, 5.74) is 3.99. The zero-order valence-corrected chi connectivity index (χ0v) is 51.3. The van der Waals surface area contributed by atoms with E-state index in [1.807, 2.05) is 36.4 Å². The first kappa shape index (κ1) is 71.7. The third kappa shape index (κ3) is 37.5. The van der Waals surface area contributed by atoms with Crippen molar-refractivity contribution in [2.75, 3.05) is 78.5 Å². The number of hydrogen-bond acceptors (Lipinski definition) is 4. The number of nitrogens with zero attached hydrogens (tertiary/aromatic N) is 3. The molecule has 0 aliphatic rings. The third-order valence-corrected chi connectivity index (χ3v) is 15.8. The van der Waals surface area contributed by atoms with Gasteiger partial charge in [0.25, 0.3) is 0 Å². The number of hydrogen-bond donors (Lipinski definition) is 0. The van der Waals surface area contributed by atoms with Crippen LogP contribution in [0.1, 0.15) is 175 Å². The van der Waals surface area contributed by atoms with Crippen LogP contribution in [0.25, 0.3) is 0 Å². The van der Waals surface area contributed by atoms with Crippen molar-refractivity contribution >= 4 is 42.6 Å². The molecular formula is C63H105Cl3N3O4P. The maximum Gasteiger partial charge on any atom is 0.0973 e. The number of benzene rings is 3. The number of quaternary nitrogens is 3. The molecule has 0 unspecified atom stereocenters. The highest BCUT2D eigenvalue weighted by atomic mass is 35.5. The van der Waals surface area contributed by atoms with Crippen molar-refractivity contribution in [3.8, 4) is 0 Å². The maximum atomic E-state index is 8.55. The monoisotopic (exact) mass is 1100 g/mol. The van der Waals surface area contributed by atoms with Gasteiger partial charge in [-0.2, -0.15) is 7.82 Å². The highest BCUT2D eigenvalue weighted by molar-refractivity contribution is 7.40. The molecule has 0 radical (unpaired) electrons. The van der Waals surface area contributed by atoms with E-state index in [1.165, 1.54) is 185 Å². The van der Waals surface area contributed by atoms with Gasteiger partial charge in [0.1, 0.15) is 0 Å². The Morgan fingerprint density at radius 2 is 0.554 bits per heavy atom. The molecule has 0 atom stereocenters. The standard InChI is InChI=1S/3C21H35ClN.H3O4P/c3*1-4-7-8-9-11-18-23(5-2,6-3)19-12-10-13-20-14-16-21(22)17-15-20;1-5(2,3)4/h3*10,12,14-17H,4-9,11,13,18-19H2,1-3H3;(H3,1,2,3,4)/q3*+1;/p-3/b3*12-10+;. The minimum absolute atomic E-state index is 0.813. The molecule has 11 heteroatoms. The second-order valence-electron chi connectivity index (χ2n) is 20.2. The molecule has 422 valence electrons. The van der Waals surface area contributed by atoms with Gasteiger partial charge in [-0.15, -0.1) is 0 Å². The topological polar surface area (TPSA) is 86.2 Å². The Balaban J connectivity index is 0.00000103. The molecule has 0 bridgehead atoms. The zero-order valence-electron chi connectivity index (χ0n) is 48.2. The van der Waals surface area contributed by atoms with Gasteiger partial charge in [-0.05, 0) is 171 Å². The Bertz CT molecular complexity index is 1680. The molecule has 0 amide bonds. The van der Waals surface area contributed by atoms with E-state index < -0.39 is 7.82 Å². The smallest absolute Gasteiger partial charge is 0.0973 e. The normalized spacial score (nSPS) is 12.1. The number of rotatable bonds is 36. The molecule has 0 saturated heterocycles. The molecule has 0 saturated carbocycles. The summed E-state index contributed by atoms with van der Waals surface area (Å²) in [4.78, 5) is 25.6. The molecule has 0 aliphatic carbocycles. The van der Waals surface area contributed by atoms with E-state index in [0.29, 0.717) is 0 Å². The minimum atomic E-state index is -5.39. The average Bonchev–Trinajstić information content (AvgIpc) is 3.39. The zero-order chi connectivity index (χ0) is 55.4. The number of phosphoric acid groups is 1.